The van der Waals surface area contributed by atoms with Crippen molar-refractivity contribution in [2.75, 3.05) is 0 Å². The summed E-state index contributed by atoms with van der Waals surface area (Å²) < 4.78 is 0. The van der Waals surface area contributed by atoms with Crippen LogP contribution < -0.4 is 5.32 Å². The maximum Gasteiger partial charge on any atom is 0.249 e. The summed E-state index contributed by atoms with van der Waals surface area (Å²) in [7, 11) is 0. The van der Waals surface area contributed by atoms with Gasteiger partial charge in [-0.25, -0.2) is 0 Å². The summed E-state index contributed by atoms with van der Waals surface area (Å²) in [5, 5.41) is 3.03. The number of nitrogens with one attached hydrogen (secondary N) is 1. The number of rotatable bonds is 2. The third-order valence-corrected chi connectivity index (χ3v) is 4.22. The highest BCUT2D eigenvalue weighted by Crippen LogP contribution is 2.36. The molecule has 1 saturated heterocycles. The molecule has 2 aliphatic rings. The number of hydrogen-bond donors (Lipinski definition) is 1. The zero-order chi connectivity index (χ0) is 13.5. The number of carbonyl (C=O) groups is 2. The Morgan fingerprint density at radius 3 is 2.17 bits per heavy atom. The minimum absolute atomic E-state index is 0.0280. The third kappa shape index (κ3) is 1.91. The zero-order valence-corrected chi connectivity index (χ0v) is 11.8. The Morgan fingerprint density at radius 1 is 1.17 bits per heavy atom. The Bertz CT molecular complexity index is 357. The minimum atomic E-state index is -0.591. The molecule has 2 rings (SSSR count). The lowest BCUT2D eigenvalue weighted by atomic mass is 9.86. The summed E-state index contributed by atoms with van der Waals surface area (Å²) in [6.45, 7) is 7.99. The minimum Gasteiger partial charge on any atom is -0.340 e. The highest BCUT2D eigenvalue weighted by molar-refractivity contribution is 6.00. The molecule has 1 aliphatic heterocycles. The maximum absolute atomic E-state index is 12.8. The van der Waals surface area contributed by atoms with Crippen molar-refractivity contribution in [1.29, 1.82) is 0 Å². The van der Waals surface area contributed by atoms with Crippen LogP contribution in [0.3, 0.4) is 0 Å². The van der Waals surface area contributed by atoms with Crippen LogP contribution in [0, 0.1) is 5.92 Å². The molecule has 0 aromatic carbocycles. The van der Waals surface area contributed by atoms with Gasteiger partial charge in [0.15, 0.2) is 0 Å². The molecule has 0 aromatic rings. The second-order valence-electron chi connectivity index (χ2n) is 6.27. The Labute approximate surface area is 109 Å². The fourth-order valence-corrected chi connectivity index (χ4v) is 3.36. The lowest BCUT2D eigenvalue weighted by Gasteiger charge is -2.47. The molecule has 0 bridgehead atoms. The van der Waals surface area contributed by atoms with Crippen LogP contribution in [0.2, 0.25) is 0 Å². The van der Waals surface area contributed by atoms with Crippen LogP contribution in [-0.2, 0) is 9.59 Å². The van der Waals surface area contributed by atoms with Crippen LogP contribution in [0.1, 0.15) is 53.4 Å². The molecule has 0 aromatic heterocycles. The SMILES string of the molecule is CC(C)C1C(=O)NC2(CCCC2)C(=O)N1C(C)C. The van der Waals surface area contributed by atoms with Crippen molar-refractivity contribution in [2.45, 2.75) is 71.0 Å². The molecule has 1 aliphatic carbocycles. The van der Waals surface area contributed by atoms with Gasteiger partial charge in [0.1, 0.15) is 11.6 Å². The monoisotopic (exact) mass is 252 g/mol. The molecule has 1 saturated carbocycles. The zero-order valence-electron chi connectivity index (χ0n) is 11.8. The van der Waals surface area contributed by atoms with E-state index in [0.717, 1.165) is 25.7 Å². The topological polar surface area (TPSA) is 49.4 Å². The van der Waals surface area contributed by atoms with E-state index in [1.807, 2.05) is 32.6 Å². The molecule has 102 valence electrons. The molecule has 2 fully saturated rings. The largest absolute Gasteiger partial charge is 0.340 e. The van der Waals surface area contributed by atoms with Gasteiger partial charge in [-0.05, 0) is 32.6 Å². The Kier molecular flexibility index (Phi) is 3.39. The van der Waals surface area contributed by atoms with E-state index in [9.17, 15) is 9.59 Å². The fourth-order valence-electron chi connectivity index (χ4n) is 3.36. The summed E-state index contributed by atoms with van der Waals surface area (Å²) in [6.07, 6.45) is 3.66. The predicted octanol–water partition coefficient (Wildman–Crippen LogP) is 1.69. The molecule has 1 spiro atoms. The molecule has 18 heavy (non-hydrogen) atoms. The van der Waals surface area contributed by atoms with Crippen molar-refractivity contribution in [2.24, 2.45) is 5.92 Å². The number of nitrogens with zero attached hydrogens (tertiary/aromatic N) is 1. The molecule has 1 N–H and O–H groups in total. The fraction of sp³-hybridized carbons (Fsp3) is 0.857. The molecule has 1 atom stereocenters. The van der Waals surface area contributed by atoms with Gasteiger partial charge in [-0.3, -0.25) is 9.59 Å². The molecule has 4 nitrogen and oxygen atoms in total. The van der Waals surface area contributed by atoms with E-state index in [2.05, 4.69) is 5.32 Å². The molecule has 1 heterocycles. The summed E-state index contributed by atoms with van der Waals surface area (Å²) >= 11 is 0. The van der Waals surface area contributed by atoms with Gasteiger partial charge in [0.25, 0.3) is 0 Å². The van der Waals surface area contributed by atoms with E-state index in [-0.39, 0.29) is 29.8 Å². The van der Waals surface area contributed by atoms with E-state index in [1.165, 1.54) is 0 Å². The highest BCUT2D eigenvalue weighted by Gasteiger charge is 2.53. The van der Waals surface area contributed by atoms with E-state index < -0.39 is 5.54 Å². The van der Waals surface area contributed by atoms with Crippen LogP contribution in [0.4, 0.5) is 0 Å². The van der Waals surface area contributed by atoms with Crippen LogP contribution in [-0.4, -0.2) is 34.3 Å². The normalized spacial score (nSPS) is 27.4. The van der Waals surface area contributed by atoms with Crippen molar-refractivity contribution in [3.05, 3.63) is 0 Å². The Hall–Kier alpha value is -1.06. The first-order chi connectivity index (χ1) is 8.39. The van der Waals surface area contributed by atoms with Gasteiger partial charge in [-0.1, -0.05) is 26.7 Å². The molecule has 4 heteroatoms. The first-order valence-corrected chi connectivity index (χ1v) is 7.04. The molecular weight excluding hydrogens is 228 g/mol. The summed E-state index contributed by atoms with van der Waals surface area (Å²) in [5.74, 6) is 0.309. The van der Waals surface area contributed by atoms with Gasteiger partial charge in [0.05, 0.1) is 0 Å². The Morgan fingerprint density at radius 2 is 1.72 bits per heavy atom. The molecular formula is C14H24N2O2. The number of piperazine rings is 1. The lowest BCUT2D eigenvalue weighted by molar-refractivity contribution is -0.159. The summed E-state index contributed by atoms with van der Waals surface area (Å²) in [4.78, 5) is 26.9. The number of amides is 2. The third-order valence-electron chi connectivity index (χ3n) is 4.22. The average molecular weight is 252 g/mol. The van der Waals surface area contributed by atoms with E-state index in [0.29, 0.717) is 0 Å². The van der Waals surface area contributed by atoms with Crippen molar-refractivity contribution in [3.8, 4) is 0 Å². The van der Waals surface area contributed by atoms with Gasteiger partial charge >= 0.3 is 0 Å². The van der Waals surface area contributed by atoms with Gasteiger partial charge in [-0.2, -0.15) is 0 Å². The quantitative estimate of drug-likeness (QED) is 0.813. The van der Waals surface area contributed by atoms with Crippen molar-refractivity contribution >= 4 is 11.8 Å². The molecule has 0 radical (unpaired) electrons. The van der Waals surface area contributed by atoms with Crippen LogP contribution >= 0.6 is 0 Å². The summed E-state index contributed by atoms with van der Waals surface area (Å²) in [5.41, 5.74) is -0.591. The lowest BCUT2D eigenvalue weighted by Crippen LogP contribution is -2.71. The first kappa shape index (κ1) is 13.4. The van der Waals surface area contributed by atoms with Crippen molar-refractivity contribution in [1.82, 2.24) is 10.2 Å². The van der Waals surface area contributed by atoms with Gasteiger partial charge in [-0.15, -0.1) is 0 Å². The standard InChI is InChI=1S/C14H24N2O2/c1-9(2)11-12(17)15-14(7-5-6-8-14)13(18)16(11)10(3)4/h9-11H,5-8H2,1-4H3,(H,15,17). The van der Waals surface area contributed by atoms with E-state index in [4.69, 9.17) is 0 Å². The first-order valence-electron chi connectivity index (χ1n) is 7.04. The number of hydrogen-bond acceptors (Lipinski definition) is 2. The van der Waals surface area contributed by atoms with E-state index in [1.54, 1.807) is 0 Å². The van der Waals surface area contributed by atoms with E-state index >= 15 is 0 Å². The van der Waals surface area contributed by atoms with Gasteiger partial charge < -0.3 is 10.2 Å². The maximum atomic E-state index is 12.8. The second kappa shape index (κ2) is 4.56. The molecule has 2 amide bonds. The average Bonchev–Trinajstić information content (AvgIpc) is 2.71. The predicted molar refractivity (Wildman–Crippen MR) is 69.9 cm³/mol. The molecule has 1 unspecified atom stereocenters. The van der Waals surface area contributed by atoms with Crippen molar-refractivity contribution in [3.63, 3.8) is 0 Å². The Balaban J connectivity index is 2.35. The van der Waals surface area contributed by atoms with Crippen LogP contribution in [0.25, 0.3) is 0 Å². The summed E-state index contributed by atoms with van der Waals surface area (Å²) in [6, 6.07) is -0.239. The smallest absolute Gasteiger partial charge is 0.249 e. The highest BCUT2D eigenvalue weighted by atomic mass is 16.2. The van der Waals surface area contributed by atoms with Crippen LogP contribution in [0.15, 0.2) is 0 Å². The second-order valence-corrected chi connectivity index (χ2v) is 6.27. The number of carbonyl (C=O) groups excluding carboxylic acids is 2. The van der Waals surface area contributed by atoms with Gasteiger partial charge in [0, 0.05) is 6.04 Å². The van der Waals surface area contributed by atoms with Crippen molar-refractivity contribution < 1.29 is 9.59 Å². The van der Waals surface area contributed by atoms with Gasteiger partial charge in [0.2, 0.25) is 11.8 Å². The van der Waals surface area contributed by atoms with Crippen LogP contribution in [0.5, 0.6) is 0 Å².